The van der Waals surface area contributed by atoms with Crippen LogP contribution >= 0.6 is 25.1 Å². The van der Waals surface area contributed by atoms with Gasteiger partial charge in [-0.05, 0) is 56.2 Å². The molecule has 3 aromatic rings. The SMILES string of the molecule is Cc1cc(N2C[C@H](C)n3ncc(C(=O)Nc4cnccc4C)c3C2=O)ccc1Cl.S. The lowest BCUT2D eigenvalue weighted by Crippen LogP contribution is -2.43. The highest BCUT2D eigenvalue weighted by Crippen LogP contribution is 2.30. The van der Waals surface area contributed by atoms with Crippen LogP contribution < -0.4 is 10.2 Å². The second-order valence-corrected chi connectivity index (χ2v) is 7.60. The number of pyridine rings is 1. The van der Waals surface area contributed by atoms with Gasteiger partial charge in [-0.25, -0.2) is 0 Å². The van der Waals surface area contributed by atoms with E-state index in [4.69, 9.17) is 11.6 Å². The fraction of sp³-hybridized carbons (Fsp3) is 0.238. The number of benzene rings is 1. The Labute approximate surface area is 186 Å². The maximum atomic E-state index is 13.3. The van der Waals surface area contributed by atoms with Gasteiger partial charge in [-0.1, -0.05) is 11.6 Å². The van der Waals surface area contributed by atoms with Crippen molar-refractivity contribution in [2.24, 2.45) is 0 Å². The monoisotopic (exact) mass is 443 g/mol. The molecule has 0 aliphatic carbocycles. The predicted molar refractivity (Wildman–Crippen MR) is 122 cm³/mol. The van der Waals surface area contributed by atoms with Crippen LogP contribution in [0.1, 0.15) is 44.9 Å². The second-order valence-electron chi connectivity index (χ2n) is 7.19. The van der Waals surface area contributed by atoms with Gasteiger partial charge in [0.25, 0.3) is 11.8 Å². The Morgan fingerprint density at radius 2 is 1.97 bits per heavy atom. The molecule has 1 aliphatic rings. The van der Waals surface area contributed by atoms with Gasteiger partial charge in [-0.2, -0.15) is 18.6 Å². The van der Waals surface area contributed by atoms with Gasteiger partial charge in [0.05, 0.1) is 29.7 Å². The zero-order valence-corrected chi connectivity index (χ0v) is 18.6. The molecule has 1 aromatic carbocycles. The van der Waals surface area contributed by atoms with Gasteiger partial charge in [0.2, 0.25) is 0 Å². The smallest absolute Gasteiger partial charge is 0.277 e. The van der Waals surface area contributed by atoms with Crippen molar-refractivity contribution < 1.29 is 9.59 Å². The van der Waals surface area contributed by atoms with Crippen LogP contribution in [0.25, 0.3) is 0 Å². The van der Waals surface area contributed by atoms with Crippen LogP contribution in [0, 0.1) is 13.8 Å². The van der Waals surface area contributed by atoms with Crippen LogP contribution in [0.5, 0.6) is 0 Å². The summed E-state index contributed by atoms with van der Waals surface area (Å²) in [4.78, 5) is 31.9. The van der Waals surface area contributed by atoms with Crippen molar-refractivity contribution in [3.8, 4) is 0 Å². The molecule has 0 fully saturated rings. The van der Waals surface area contributed by atoms with Crippen molar-refractivity contribution >= 4 is 48.3 Å². The van der Waals surface area contributed by atoms with Crippen molar-refractivity contribution in [3.05, 3.63) is 70.3 Å². The highest BCUT2D eigenvalue weighted by Gasteiger charge is 2.35. The van der Waals surface area contributed by atoms with Gasteiger partial charge in [0.1, 0.15) is 5.69 Å². The lowest BCUT2D eigenvalue weighted by Gasteiger charge is -2.32. The van der Waals surface area contributed by atoms with E-state index in [0.717, 1.165) is 16.8 Å². The van der Waals surface area contributed by atoms with Crippen LogP contribution in [-0.2, 0) is 0 Å². The van der Waals surface area contributed by atoms with Crippen molar-refractivity contribution in [1.29, 1.82) is 0 Å². The Morgan fingerprint density at radius 1 is 1.20 bits per heavy atom. The number of amides is 2. The molecule has 0 spiro atoms. The minimum atomic E-state index is -0.392. The minimum absolute atomic E-state index is 0. The first-order valence-electron chi connectivity index (χ1n) is 9.24. The molecule has 0 unspecified atom stereocenters. The highest BCUT2D eigenvalue weighted by atomic mass is 35.5. The van der Waals surface area contributed by atoms with E-state index in [1.165, 1.54) is 6.20 Å². The summed E-state index contributed by atoms with van der Waals surface area (Å²) in [6.07, 6.45) is 4.68. The number of rotatable bonds is 3. The number of carbonyl (C=O) groups is 2. The molecule has 1 aliphatic heterocycles. The molecule has 7 nitrogen and oxygen atoms in total. The normalized spacial score (nSPS) is 15.4. The lowest BCUT2D eigenvalue weighted by atomic mass is 10.1. The number of nitrogens with one attached hydrogen (secondary N) is 1. The molecule has 0 radical (unpaired) electrons. The summed E-state index contributed by atoms with van der Waals surface area (Å²) < 4.78 is 1.62. The fourth-order valence-electron chi connectivity index (χ4n) is 3.43. The number of fused-ring (bicyclic) bond motifs is 1. The van der Waals surface area contributed by atoms with Gasteiger partial charge < -0.3 is 10.2 Å². The Kier molecular flexibility index (Phi) is 6.19. The summed E-state index contributed by atoms with van der Waals surface area (Å²) in [7, 11) is 0. The van der Waals surface area contributed by atoms with E-state index < -0.39 is 5.91 Å². The molecule has 3 heterocycles. The first-order valence-corrected chi connectivity index (χ1v) is 9.62. The van der Waals surface area contributed by atoms with E-state index >= 15 is 0 Å². The minimum Gasteiger partial charge on any atom is -0.320 e. The summed E-state index contributed by atoms with van der Waals surface area (Å²) in [6, 6.07) is 7.18. The molecule has 9 heteroatoms. The first kappa shape index (κ1) is 21.9. The number of hydrogen-bond donors (Lipinski definition) is 1. The Morgan fingerprint density at radius 3 is 2.67 bits per heavy atom. The number of halogens is 1. The summed E-state index contributed by atoms with van der Waals surface area (Å²) >= 11 is 6.13. The van der Waals surface area contributed by atoms with Gasteiger partial charge in [-0.3, -0.25) is 19.3 Å². The Balaban J connectivity index is 0.00000256. The van der Waals surface area contributed by atoms with E-state index in [2.05, 4.69) is 15.4 Å². The largest absolute Gasteiger partial charge is 0.320 e. The number of aromatic nitrogens is 3. The Bertz CT molecular complexity index is 1130. The van der Waals surface area contributed by atoms with Gasteiger partial charge in [0.15, 0.2) is 0 Å². The number of anilines is 2. The van der Waals surface area contributed by atoms with Gasteiger partial charge >= 0.3 is 0 Å². The molecule has 4 rings (SSSR count). The van der Waals surface area contributed by atoms with Crippen molar-refractivity contribution in [1.82, 2.24) is 14.8 Å². The van der Waals surface area contributed by atoms with Gasteiger partial charge in [-0.15, -0.1) is 0 Å². The van der Waals surface area contributed by atoms with E-state index in [1.54, 1.807) is 34.1 Å². The third kappa shape index (κ3) is 3.80. The maximum Gasteiger partial charge on any atom is 0.277 e. The molecule has 1 atom stereocenters. The van der Waals surface area contributed by atoms with Crippen molar-refractivity contribution in [2.45, 2.75) is 26.8 Å². The molecule has 2 amide bonds. The van der Waals surface area contributed by atoms with E-state index in [0.29, 0.717) is 17.3 Å². The molecule has 2 aromatic heterocycles. The summed E-state index contributed by atoms with van der Waals surface area (Å²) in [5.41, 5.74) is 3.61. The quantitative estimate of drug-likeness (QED) is 0.659. The summed E-state index contributed by atoms with van der Waals surface area (Å²) in [5, 5.41) is 7.77. The average Bonchev–Trinajstić information content (AvgIpc) is 3.15. The van der Waals surface area contributed by atoms with Crippen LogP contribution in [0.3, 0.4) is 0 Å². The van der Waals surface area contributed by atoms with E-state index in [-0.39, 0.29) is 36.7 Å². The maximum absolute atomic E-state index is 13.3. The predicted octanol–water partition coefficient (Wildman–Crippen LogP) is 4.13. The summed E-state index contributed by atoms with van der Waals surface area (Å²) in [6.45, 7) is 6.19. The number of carbonyl (C=O) groups excluding carboxylic acids is 2. The highest BCUT2D eigenvalue weighted by molar-refractivity contribution is 7.59. The van der Waals surface area contributed by atoms with Crippen molar-refractivity contribution in [2.75, 3.05) is 16.8 Å². The standard InChI is InChI=1S/C21H20ClN5O2.H2S/c1-12-6-7-23-10-18(12)25-20(28)16-9-24-27-14(3)11-26(21(29)19(16)27)15-4-5-17(22)13(2)8-15;/h4-10,14H,11H2,1-3H3,(H,25,28);1H2/t14-;/m0./s1. The molecular weight excluding hydrogens is 422 g/mol. The van der Waals surface area contributed by atoms with Crippen LogP contribution in [0.4, 0.5) is 11.4 Å². The third-order valence-electron chi connectivity index (χ3n) is 5.09. The fourth-order valence-corrected chi connectivity index (χ4v) is 3.55. The molecule has 156 valence electrons. The van der Waals surface area contributed by atoms with Crippen molar-refractivity contribution in [3.63, 3.8) is 0 Å². The number of hydrogen-bond acceptors (Lipinski definition) is 4. The van der Waals surface area contributed by atoms with E-state index in [1.807, 2.05) is 32.9 Å². The topological polar surface area (TPSA) is 80.1 Å². The van der Waals surface area contributed by atoms with Crippen LogP contribution in [0.15, 0.2) is 42.9 Å². The zero-order valence-electron chi connectivity index (χ0n) is 16.8. The Hall–Kier alpha value is -2.84. The van der Waals surface area contributed by atoms with E-state index in [9.17, 15) is 9.59 Å². The average molecular weight is 444 g/mol. The van der Waals surface area contributed by atoms with Crippen LogP contribution in [0.2, 0.25) is 5.02 Å². The number of nitrogens with zero attached hydrogens (tertiary/aromatic N) is 4. The summed E-state index contributed by atoms with van der Waals surface area (Å²) in [5.74, 6) is -0.660. The molecule has 0 saturated heterocycles. The molecule has 30 heavy (non-hydrogen) atoms. The van der Waals surface area contributed by atoms with Crippen LogP contribution in [-0.4, -0.2) is 33.1 Å². The zero-order chi connectivity index (χ0) is 20.7. The molecule has 1 N–H and O–H groups in total. The second kappa shape index (κ2) is 8.49. The molecule has 0 saturated carbocycles. The lowest BCUT2D eigenvalue weighted by molar-refractivity contribution is 0.0939. The van der Waals surface area contributed by atoms with Gasteiger partial charge in [0, 0.05) is 23.5 Å². The molecular formula is C21H22ClN5O2S. The number of aryl methyl sites for hydroxylation is 2. The molecule has 0 bridgehead atoms. The first-order chi connectivity index (χ1) is 13.9. The third-order valence-corrected chi connectivity index (χ3v) is 5.52.